The van der Waals surface area contributed by atoms with Crippen LogP contribution in [0.15, 0.2) is 22.8 Å². The number of likely N-dealkylation sites (tertiary alicyclic amines) is 1. The molecule has 1 saturated heterocycles. The number of hydrogen-bond acceptors (Lipinski definition) is 3. The lowest BCUT2D eigenvalue weighted by Gasteiger charge is -2.26. The molecule has 5 heteroatoms. The Morgan fingerprint density at radius 2 is 2.06 bits per heavy atom. The standard InChI is InChI=1S/C13H18N2O3/c1-9-5-6-10(2)15(9)12(16)8-14-13(17)11-4-3-7-18-11/h3-4,7,9-10H,5-6,8H2,1-2H3,(H,14,17). The van der Waals surface area contributed by atoms with E-state index in [4.69, 9.17) is 4.42 Å². The van der Waals surface area contributed by atoms with Crippen LogP contribution in [0.4, 0.5) is 0 Å². The Kier molecular flexibility index (Phi) is 3.69. The highest BCUT2D eigenvalue weighted by molar-refractivity contribution is 5.94. The quantitative estimate of drug-likeness (QED) is 0.882. The van der Waals surface area contributed by atoms with Gasteiger partial charge in [-0.25, -0.2) is 0 Å². The maximum absolute atomic E-state index is 12.0. The van der Waals surface area contributed by atoms with Crippen molar-refractivity contribution in [1.29, 1.82) is 0 Å². The van der Waals surface area contributed by atoms with E-state index in [1.807, 2.05) is 18.7 Å². The third kappa shape index (κ3) is 2.55. The summed E-state index contributed by atoms with van der Waals surface area (Å²) in [4.78, 5) is 25.5. The van der Waals surface area contributed by atoms with Gasteiger partial charge >= 0.3 is 0 Å². The Bertz CT molecular complexity index is 417. The highest BCUT2D eigenvalue weighted by Crippen LogP contribution is 2.23. The van der Waals surface area contributed by atoms with Crippen molar-refractivity contribution < 1.29 is 14.0 Å². The number of carbonyl (C=O) groups is 2. The number of carbonyl (C=O) groups excluding carboxylic acids is 2. The van der Waals surface area contributed by atoms with Crippen LogP contribution in [0.25, 0.3) is 0 Å². The van der Waals surface area contributed by atoms with Crippen molar-refractivity contribution in [2.75, 3.05) is 6.54 Å². The lowest BCUT2D eigenvalue weighted by atomic mass is 10.2. The molecule has 1 aromatic heterocycles. The highest BCUT2D eigenvalue weighted by Gasteiger charge is 2.31. The van der Waals surface area contributed by atoms with Gasteiger partial charge in [-0.3, -0.25) is 9.59 Å². The zero-order valence-electron chi connectivity index (χ0n) is 10.7. The van der Waals surface area contributed by atoms with Crippen molar-refractivity contribution in [3.05, 3.63) is 24.2 Å². The smallest absolute Gasteiger partial charge is 0.287 e. The maximum atomic E-state index is 12.0. The van der Waals surface area contributed by atoms with E-state index in [0.29, 0.717) is 0 Å². The van der Waals surface area contributed by atoms with Gasteiger partial charge < -0.3 is 14.6 Å². The van der Waals surface area contributed by atoms with E-state index in [9.17, 15) is 9.59 Å². The number of nitrogens with zero attached hydrogens (tertiary/aromatic N) is 1. The van der Waals surface area contributed by atoms with E-state index in [-0.39, 0.29) is 36.2 Å². The molecule has 0 spiro atoms. The third-order valence-electron chi connectivity index (χ3n) is 3.39. The monoisotopic (exact) mass is 250 g/mol. The number of nitrogens with one attached hydrogen (secondary N) is 1. The molecule has 5 nitrogen and oxygen atoms in total. The van der Waals surface area contributed by atoms with E-state index >= 15 is 0 Å². The van der Waals surface area contributed by atoms with Gasteiger partial charge in [-0.2, -0.15) is 0 Å². The van der Waals surface area contributed by atoms with Crippen LogP contribution in [0, 0.1) is 0 Å². The second kappa shape index (κ2) is 5.25. The van der Waals surface area contributed by atoms with Crippen LogP contribution >= 0.6 is 0 Å². The van der Waals surface area contributed by atoms with Crippen molar-refractivity contribution in [1.82, 2.24) is 10.2 Å². The summed E-state index contributed by atoms with van der Waals surface area (Å²) >= 11 is 0. The van der Waals surface area contributed by atoms with Gasteiger partial charge in [0.2, 0.25) is 5.91 Å². The molecule has 1 aliphatic rings. The Morgan fingerprint density at radius 1 is 1.39 bits per heavy atom. The predicted octanol–water partition coefficient (Wildman–Crippen LogP) is 1.41. The van der Waals surface area contributed by atoms with E-state index in [0.717, 1.165) is 12.8 Å². The first-order chi connectivity index (χ1) is 8.59. The number of furan rings is 1. The first-order valence-electron chi connectivity index (χ1n) is 6.22. The summed E-state index contributed by atoms with van der Waals surface area (Å²) in [5, 5.41) is 2.58. The summed E-state index contributed by atoms with van der Waals surface area (Å²) in [5.41, 5.74) is 0. The molecule has 1 aliphatic heterocycles. The minimum atomic E-state index is -0.354. The summed E-state index contributed by atoms with van der Waals surface area (Å²) in [7, 11) is 0. The Morgan fingerprint density at radius 3 is 2.61 bits per heavy atom. The van der Waals surface area contributed by atoms with Gasteiger partial charge in [0.25, 0.3) is 5.91 Å². The first-order valence-corrected chi connectivity index (χ1v) is 6.22. The molecule has 2 heterocycles. The van der Waals surface area contributed by atoms with E-state index in [1.54, 1.807) is 12.1 Å². The minimum absolute atomic E-state index is 0.0220. The maximum Gasteiger partial charge on any atom is 0.287 e. The Labute approximate surface area is 106 Å². The van der Waals surface area contributed by atoms with Crippen LogP contribution < -0.4 is 5.32 Å². The van der Waals surface area contributed by atoms with Gasteiger partial charge in [0.05, 0.1) is 12.8 Å². The second-order valence-electron chi connectivity index (χ2n) is 4.74. The summed E-state index contributed by atoms with van der Waals surface area (Å²) < 4.78 is 4.96. The fourth-order valence-electron chi connectivity index (χ4n) is 2.43. The van der Waals surface area contributed by atoms with Crippen LogP contribution in [-0.4, -0.2) is 35.3 Å². The zero-order chi connectivity index (χ0) is 13.1. The molecule has 0 bridgehead atoms. The van der Waals surface area contributed by atoms with Crippen LogP contribution in [0.2, 0.25) is 0 Å². The number of hydrogen-bond donors (Lipinski definition) is 1. The molecule has 0 aromatic carbocycles. The summed E-state index contributed by atoms with van der Waals surface area (Å²) in [6, 6.07) is 3.73. The van der Waals surface area contributed by atoms with Gasteiger partial charge in [0.15, 0.2) is 5.76 Å². The molecule has 2 atom stereocenters. The molecule has 0 aliphatic carbocycles. The molecule has 0 radical (unpaired) electrons. The SMILES string of the molecule is CC1CCC(C)N1C(=O)CNC(=O)c1ccco1. The number of rotatable bonds is 3. The van der Waals surface area contributed by atoms with Crippen molar-refractivity contribution in [3.63, 3.8) is 0 Å². The average molecular weight is 250 g/mol. The fraction of sp³-hybridized carbons (Fsp3) is 0.538. The highest BCUT2D eigenvalue weighted by atomic mass is 16.3. The molecule has 98 valence electrons. The molecule has 1 aromatic rings. The second-order valence-corrected chi connectivity index (χ2v) is 4.74. The van der Waals surface area contributed by atoms with Crippen molar-refractivity contribution in [3.8, 4) is 0 Å². The predicted molar refractivity (Wildman–Crippen MR) is 66.0 cm³/mol. The topological polar surface area (TPSA) is 62.6 Å². The fourth-order valence-corrected chi connectivity index (χ4v) is 2.43. The molecule has 1 N–H and O–H groups in total. The molecule has 2 amide bonds. The van der Waals surface area contributed by atoms with E-state index in [2.05, 4.69) is 5.32 Å². The summed E-state index contributed by atoms with van der Waals surface area (Å²) in [6.45, 7) is 4.10. The lowest BCUT2D eigenvalue weighted by molar-refractivity contribution is -0.132. The average Bonchev–Trinajstić information content (AvgIpc) is 2.96. The van der Waals surface area contributed by atoms with Crippen LogP contribution in [-0.2, 0) is 4.79 Å². The molecule has 18 heavy (non-hydrogen) atoms. The van der Waals surface area contributed by atoms with Gasteiger partial charge in [-0.1, -0.05) is 0 Å². The lowest BCUT2D eigenvalue weighted by Crippen LogP contribution is -2.44. The number of amides is 2. The van der Waals surface area contributed by atoms with Gasteiger partial charge in [0.1, 0.15) is 0 Å². The molecule has 1 fully saturated rings. The molecular formula is C13H18N2O3. The van der Waals surface area contributed by atoms with Crippen LogP contribution in [0.5, 0.6) is 0 Å². The summed E-state index contributed by atoms with van der Waals surface area (Å²) in [5.74, 6) is -0.162. The molecule has 2 unspecified atom stereocenters. The first kappa shape index (κ1) is 12.7. The minimum Gasteiger partial charge on any atom is -0.459 e. The third-order valence-corrected chi connectivity index (χ3v) is 3.39. The van der Waals surface area contributed by atoms with E-state index in [1.165, 1.54) is 6.26 Å². The summed E-state index contributed by atoms with van der Waals surface area (Å²) in [6.07, 6.45) is 3.49. The molecule has 2 rings (SSSR count). The molecular weight excluding hydrogens is 232 g/mol. The van der Waals surface area contributed by atoms with Crippen LogP contribution in [0.3, 0.4) is 0 Å². The molecule has 0 saturated carbocycles. The van der Waals surface area contributed by atoms with Crippen molar-refractivity contribution >= 4 is 11.8 Å². The zero-order valence-corrected chi connectivity index (χ0v) is 10.7. The normalized spacial score (nSPS) is 23.1. The van der Waals surface area contributed by atoms with Crippen molar-refractivity contribution in [2.45, 2.75) is 38.8 Å². The van der Waals surface area contributed by atoms with Crippen LogP contribution in [0.1, 0.15) is 37.2 Å². The van der Waals surface area contributed by atoms with Crippen molar-refractivity contribution in [2.24, 2.45) is 0 Å². The van der Waals surface area contributed by atoms with Gasteiger partial charge in [-0.05, 0) is 38.8 Å². The van der Waals surface area contributed by atoms with E-state index < -0.39 is 0 Å². The Hall–Kier alpha value is -1.78. The Balaban J connectivity index is 1.87. The van der Waals surface area contributed by atoms with Gasteiger partial charge in [0, 0.05) is 12.1 Å². The van der Waals surface area contributed by atoms with Gasteiger partial charge in [-0.15, -0.1) is 0 Å². The largest absolute Gasteiger partial charge is 0.459 e.